The lowest BCUT2D eigenvalue weighted by molar-refractivity contribution is 0.0756. The third kappa shape index (κ3) is 2.47. The first-order chi connectivity index (χ1) is 6.11. The molecule has 1 unspecified atom stereocenters. The Bertz CT molecular complexity index is 269. The number of nitrogens with two attached hydrogens (primary N) is 1. The monoisotopic (exact) mass is 183 g/mol. The van der Waals surface area contributed by atoms with E-state index >= 15 is 0 Å². The Hall–Kier alpha value is -1.52. The van der Waals surface area contributed by atoms with E-state index in [1.54, 1.807) is 12.3 Å². The van der Waals surface area contributed by atoms with Crippen molar-refractivity contribution in [3.05, 3.63) is 18.0 Å². The number of ether oxygens (including phenoxy) is 1. The normalized spacial score (nSPS) is 12.8. The van der Waals surface area contributed by atoms with Crippen LogP contribution in [0.1, 0.15) is 25.6 Å². The molecule has 0 saturated heterocycles. The van der Waals surface area contributed by atoms with Gasteiger partial charge in [-0.3, -0.25) is 5.10 Å². The minimum Gasteiger partial charge on any atom is -0.440 e. The number of rotatable bonds is 3. The first-order valence-electron chi connectivity index (χ1n) is 4.06. The number of aromatic nitrogens is 2. The van der Waals surface area contributed by atoms with Crippen LogP contribution >= 0.6 is 0 Å². The smallest absolute Gasteiger partial charge is 0.405 e. The van der Waals surface area contributed by atoms with Crippen molar-refractivity contribution in [1.29, 1.82) is 0 Å². The molecule has 0 bridgehead atoms. The van der Waals surface area contributed by atoms with Gasteiger partial charge in [0.15, 0.2) is 0 Å². The molecule has 3 N–H and O–H groups in total. The Kier molecular flexibility index (Phi) is 2.89. The van der Waals surface area contributed by atoms with Gasteiger partial charge in [0.25, 0.3) is 0 Å². The SMILES string of the molecule is CC(C)C(OC(N)=O)c1ccn[nH]1. The molecule has 1 amide bonds. The molecule has 5 nitrogen and oxygen atoms in total. The van der Waals surface area contributed by atoms with Crippen LogP contribution in [0.15, 0.2) is 12.3 Å². The molecule has 1 rings (SSSR count). The highest BCUT2D eigenvalue weighted by Gasteiger charge is 2.20. The summed E-state index contributed by atoms with van der Waals surface area (Å²) in [5, 5.41) is 6.52. The summed E-state index contributed by atoms with van der Waals surface area (Å²) in [6.45, 7) is 3.88. The van der Waals surface area contributed by atoms with Gasteiger partial charge >= 0.3 is 6.09 Å². The number of primary amides is 1. The van der Waals surface area contributed by atoms with Crippen LogP contribution in [0.25, 0.3) is 0 Å². The van der Waals surface area contributed by atoms with Gasteiger partial charge in [-0.2, -0.15) is 5.10 Å². The number of carbonyl (C=O) groups excluding carboxylic acids is 1. The summed E-state index contributed by atoms with van der Waals surface area (Å²) in [6.07, 6.45) is 0.489. The average Bonchev–Trinajstić information content (AvgIpc) is 2.50. The zero-order valence-electron chi connectivity index (χ0n) is 7.65. The van der Waals surface area contributed by atoms with Crippen LogP contribution in [-0.2, 0) is 4.74 Å². The van der Waals surface area contributed by atoms with Gasteiger partial charge in [-0.25, -0.2) is 4.79 Å². The number of carbonyl (C=O) groups is 1. The van der Waals surface area contributed by atoms with Crippen LogP contribution in [-0.4, -0.2) is 16.3 Å². The summed E-state index contributed by atoms with van der Waals surface area (Å²) >= 11 is 0. The summed E-state index contributed by atoms with van der Waals surface area (Å²) in [5.41, 5.74) is 5.70. The topological polar surface area (TPSA) is 81.0 Å². The predicted octanol–water partition coefficient (Wildman–Crippen LogP) is 1.20. The Morgan fingerprint density at radius 1 is 1.69 bits per heavy atom. The van der Waals surface area contributed by atoms with E-state index in [2.05, 4.69) is 10.2 Å². The number of hydrogen-bond acceptors (Lipinski definition) is 3. The van der Waals surface area contributed by atoms with E-state index in [1.807, 2.05) is 13.8 Å². The van der Waals surface area contributed by atoms with E-state index < -0.39 is 6.09 Å². The van der Waals surface area contributed by atoms with Gasteiger partial charge in [0.1, 0.15) is 6.10 Å². The van der Waals surface area contributed by atoms with E-state index in [9.17, 15) is 4.79 Å². The van der Waals surface area contributed by atoms with E-state index in [-0.39, 0.29) is 12.0 Å². The molecule has 0 aromatic carbocycles. The molecule has 1 aromatic heterocycles. The van der Waals surface area contributed by atoms with Crippen molar-refractivity contribution in [2.24, 2.45) is 11.7 Å². The minimum absolute atomic E-state index is 0.160. The van der Waals surface area contributed by atoms with Gasteiger partial charge in [-0.05, 0) is 12.0 Å². The molecule has 13 heavy (non-hydrogen) atoms. The second kappa shape index (κ2) is 3.93. The maximum absolute atomic E-state index is 10.6. The Morgan fingerprint density at radius 2 is 2.38 bits per heavy atom. The zero-order valence-corrected chi connectivity index (χ0v) is 7.65. The molecule has 0 aliphatic rings. The summed E-state index contributed by atoms with van der Waals surface area (Å²) in [5.74, 6) is 0.160. The maximum atomic E-state index is 10.6. The lowest BCUT2D eigenvalue weighted by Gasteiger charge is -2.18. The average molecular weight is 183 g/mol. The number of aromatic amines is 1. The Balaban J connectivity index is 2.74. The predicted molar refractivity (Wildman–Crippen MR) is 46.8 cm³/mol. The summed E-state index contributed by atoms with van der Waals surface area (Å²) in [4.78, 5) is 10.6. The molecular formula is C8H13N3O2. The molecule has 0 saturated carbocycles. The fraction of sp³-hybridized carbons (Fsp3) is 0.500. The summed E-state index contributed by atoms with van der Waals surface area (Å²) in [6, 6.07) is 1.76. The van der Waals surface area contributed by atoms with Crippen LogP contribution in [0.5, 0.6) is 0 Å². The van der Waals surface area contributed by atoms with Gasteiger partial charge in [0, 0.05) is 6.20 Å². The van der Waals surface area contributed by atoms with Gasteiger partial charge in [-0.15, -0.1) is 0 Å². The first-order valence-corrected chi connectivity index (χ1v) is 4.06. The van der Waals surface area contributed by atoms with E-state index in [1.165, 1.54) is 0 Å². The highest BCUT2D eigenvalue weighted by molar-refractivity contribution is 5.64. The van der Waals surface area contributed by atoms with Crippen molar-refractivity contribution in [2.75, 3.05) is 0 Å². The van der Waals surface area contributed by atoms with E-state index in [0.717, 1.165) is 5.69 Å². The van der Waals surface area contributed by atoms with Crippen LogP contribution < -0.4 is 5.73 Å². The molecule has 0 radical (unpaired) electrons. The highest BCUT2D eigenvalue weighted by Crippen LogP contribution is 2.23. The van der Waals surface area contributed by atoms with Crippen molar-refractivity contribution in [1.82, 2.24) is 10.2 Å². The molecule has 72 valence electrons. The molecule has 0 fully saturated rings. The van der Waals surface area contributed by atoms with Crippen molar-refractivity contribution < 1.29 is 9.53 Å². The molecule has 1 heterocycles. The van der Waals surface area contributed by atoms with Gasteiger partial charge in [-0.1, -0.05) is 13.8 Å². The number of nitrogens with one attached hydrogen (secondary N) is 1. The molecule has 1 aromatic rings. The number of nitrogens with zero attached hydrogens (tertiary/aromatic N) is 1. The standard InChI is InChI=1S/C8H13N3O2/c1-5(2)7(13-8(9)12)6-3-4-10-11-6/h3-5,7H,1-2H3,(H2,9,12)(H,10,11). The fourth-order valence-corrected chi connectivity index (χ4v) is 1.11. The molecule has 5 heteroatoms. The minimum atomic E-state index is -0.770. The number of H-pyrrole nitrogens is 1. The van der Waals surface area contributed by atoms with Crippen molar-refractivity contribution in [3.8, 4) is 0 Å². The zero-order chi connectivity index (χ0) is 9.84. The maximum Gasteiger partial charge on any atom is 0.405 e. The third-order valence-electron chi connectivity index (χ3n) is 1.68. The van der Waals surface area contributed by atoms with Gasteiger partial charge in [0.2, 0.25) is 0 Å². The van der Waals surface area contributed by atoms with Crippen LogP contribution in [0.4, 0.5) is 4.79 Å². The first kappa shape index (κ1) is 9.57. The van der Waals surface area contributed by atoms with Crippen LogP contribution in [0.2, 0.25) is 0 Å². The summed E-state index contributed by atoms with van der Waals surface area (Å²) < 4.78 is 4.92. The molecule has 0 aliphatic carbocycles. The van der Waals surface area contributed by atoms with E-state index in [0.29, 0.717) is 0 Å². The third-order valence-corrected chi connectivity index (χ3v) is 1.68. The second-order valence-corrected chi connectivity index (χ2v) is 3.11. The lowest BCUT2D eigenvalue weighted by Crippen LogP contribution is -2.21. The lowest BCUT2D eigenvalue weighted by atomic mass is 10.0. The van der Waals surface area contributed by atoms with Crippen LogP contribution in [0, 0.1) is 5.92 Å². The van der Waals surface area contributed by atoms with Crippen molar-refractivity contribution >= 4 is 6.09 Å². The van der Waals surface area contributed by atoms with Crippen LogP contribution in [0.3, 0.4) is 0 Å². The molecular weight excluding hydrogens is 170 g/mol. The van der Waals surface area contributed by atoms with Gasteiger partial charge < -0.3 is 10.5 Å². The Labute approximate surface area is 76.3 Å². The second-order valence-electron chi connectivity index (χ2n) is 3.11. The van der Waals surface area contributed by atoms with Crippen molar-refractivity contribution in [3.63, 3.8) is 0 Å². The number of amides is 1. The largest absolute Gasteiger partial charge is 0.440 e. The number of hydrogen-bond donors (Lipinski definition) is 2. The molecule has 0 aliphatic heterocycles. The summed E-state index contributed by atoms with van der Waals surface area (Å²) in [7, 11) is 0. The Morgan fingerprint density at radius 3 is 2.77 bits per heavy atom. The fourth-order valence-electron chi connectivity index (χ4n) is 1.11. The quantitative estimate of drug-likeness (QED) is 0.738. The highest BCUT2D eigenvalue weighted by atomic mass is 16.6. The van der Waals surface area contributed by atoms with Crippen molar-refractivity contribution in [2.45, 2.75) is 20.0 Å². The van der Waals surface area contributed by atoms with Gasteiger partial charge in [0.05, 0.1) is 5.69 Å². The molecule has 0 spiro atoms. The van der Waals surface area contributed by atoms with E-state index in [4.69, 9.17) is 10.5 Å². The molecule has 1 atom stereocenters.